The maximum atomic E-state index is 3.05. The summed E-state index contributed by atoms with van der Waals surface area (Å²) < 4.78 is 12.2. The lowest BCUT2D eigenvalue weighted by Gasteiger charge is -2.54. The van der Waals surface area contributed by atoms with Crippen molar-refractivity contribution < 1.29 is 24.0 Å². The lowest BCUT2D eigenvalue weighted by molar-refractivity contribution is -0.0000131. The molecule has 8 heteroatoms. The average Bonchev–Trinajstić information content (AvgIpc) is 3.30. The lowest BCUT2D eigenvalue weighted by Crippen LogP contribution is -3.00. The molecule has 0 aromatic heterocycles. The van der Waals surface area contributed by atoms with Gasteiger partial charge in [0.15, 0.2) is 0 Å². The van der Waals surface area contributed by atoms with Crippen LogP contribution < -0.4 is 42.7 Å². The number of hydrogen-bond acceptors (Lipinski definition) is 4. The van der Waals surface area contributed by atoms with E-state index in [1.54, 1.807) is 0 Å². The van der Waals surface area contributed by atoms with Gasteiger partial charge in [0.2, 0.25) is 0 Å². The van der Waals surface area contributed by atoms with Crippen molar-refractivity contribution in [1.82, 2.24) is 0 Å². The van der Waals surface area contributed by atoms with Gasteiger partial charge in [-0.15, -0.1) is 0 Å². The van der Waals surface area contributed by atoms with E-state index in [-0.39, 0.29) is 24.0 Å². The summed E-state index contributed by atoms with van der Waals surface area (Å²) in [5, 5.41) is 0. The summed E-state index contributed by atoms with van der Waals surface area (Å²) in [5.41, 5.74) is 11.0. The second kappa shape index (κ2) is 34.9. The van der Waals surface area contributed by atoms with E-state index >= 15 is 0 Å². The maximum Gasteiger partial charge on any atom is 0.405 e. The number of nitrogens with zero attached hydrogens (tertiary/aromatic N) is 4. The molecule has 4 aromatic rings. The summed E-state index contributed by atoms with van der Waals surface area (Å²) in [6, 6.07) is 37.7. The van der Waals surface area contributed by atoms with E-state index in [0.717, 1.165) is 26.2 Å². The molecule has 0 radical (unpaired) electrons. The van der Waals surface area contributed by atoms with E-state index in [1.807, 2.05) is 0 Å². The number of benzene rings is 4. The minimum absolute atomic E-state index is 0. The number of halogens is 3. The van der Waals surface area contributed by atoms with E-state index < -0.39 is 7.87 Å². The smallest absolute Gasteiger partial charge is 0.405 e. The minimum atomic E-state index is -2.82. The van der Waals surface area contributed by atoms with Gasteiger partial charge in [-0.1, -0.05) is 203 Å². The summed E-state index contributed by atoms with van der Waals surface area (Å²) in [4.78, 5) is 0. The Labute approximate surface area is 435 Å². The molecule has 0 saturated heterocycles. The van der Waals surface area contributed by atoms with Gasteiger partial charge in [0, 0.05) is 37.2 Å². The highest BCUT2D eigenvalue weighted by molar-refractivity contribution is 15.0. The fraction of sp³-hybridized carbons (Fsp3) is 0.571. The molecule has 4 aromatic carbocycles. The van der Waals surface area contributed by atoms with Crippen molar-refractivity contribution in [3.05, 3.63) is 119 Å². The van der Waals surface area contributed by atoms with Crippen LogP contribution in [0.4, 0.5) is 22.7 Å². The Bertz CT molecular complexity index is 1530. The molecule has 0 N–H and O–H groups in total. The van der Waals surface area contributed by atoms with Crippen LogP contribution in [0.15, 0.2) is 97.1 Å². The molecule has 0 aliphatic rings. The van der Waals surface area contributed by atoms with Crippen LogP contribution >= 0.6 is 45.1 Å². The first-order valence-corrected chi connectivity index (χ1v) is 33.1. The third kappa shape index (κ3) is 17.7. The Balaban J connectivity index is 0.00000463. The van der Waals surface area contributed by atoms with Crippen LogP contribution in [-0.4, -0.2) is 26.2 Å². The zero-order valence-electron chi connectivity index (χ0n) is 41.6. The Morgan fingerprint density at radius 1 is 0.312 bits per heavy atom. The molecule has 0 aliphatic heterocycles. The van der Waals surface area contributed by atoms with Crippen molar-refractivity contribution in [1.29, 1.82) is 0 Å². The van der Waals surface area contributed by atoms with Crippen LogP contribution in [0, 0.1) is 27.7 Å². The van der Waals surface area contributed by atoms with Crippen molar-refractivity contribution in [3.8, 4) is 0 Å². The number of aryl methyl sites for hydroxylation is 4. The topological polar surface area (TPSA) is 13.0 Å². The Kier molecular flexibility index (Phi) is 32.1. The Morgan fingerprint density at radius 2 is 0.500 bits per heavy atom. The molecule has 4 nitrogen and oxygen atoms in total. The molecule has 0 fully saturated rings. The SMILES string of the molecule is CCCCCCCN(c1ccccc1C)[P+](N(CCCCCCC)c1ccccc1C)(N(CCCCCCC)c1ccccc1C)N(CCCCCCC)c1ccccc1C.II.[I-]. The fourth-order valence-electron chi connectivity index (χ4n) is 9.25. The van der Waals surface area contributed by atoms with Gasteiger partial charge in [-0.2, -0.15) is 18.7 Å². The predicted molar refractivity (Wildman–Crippen MR) is 304 cm³/mol. The van der Waals surface area contributed by atoms with Crippen LogP contribution in [0.2, 0.25) is 0 Å². The first-order chi connectivity index (χ1) is 30.9. The molecule has 358 valence electrons. The fourth-order valence-corrected chi connectivity index (χ4v) is 14.5. The van der Waals surface area contributed by atoms with Gasteiger partial charge in [-0.05, 0) is 99.9 Å². The number of para-hydroxylation sites is 4. The predicted octanol–water partition coefficient (Wildman–Crippen LogP) is 16.6. The normalized spacial score (nSPS) is 11.1. The van der Waals surface area contributed by atoms with Gasteiger partial charge >= 0.3 is 7.87 Å². The molecule has 0 spiro atoms. The van der Waals surface area contributed by atoms with Crippen molar-refractivity contribution in [2.75, 3.05) is 44.9 Å². The van der Waals surface area contributed by atoms with Crippen LogP contribution in [0.25, 0.3) is 0 Å². The number of anilines is 4. The molecule has 0 amide bonds. The zero-order chi connectivity index (χ0) is 45.7. The van der Waals surface area contributed by atoms with Gasteiger partial charge in [-0.25, -0.2) is 0 Å². The van der Waals surface area contributed by atoms with Crippen molar-refractivity contribution in [2.45, 2.75) is 184 Å². The molecule has 0 saturated carbocycles. The van der Waals surface area contributed by atoms with E-state index in [2.05, 4.69) is 208 Å². The van der Waals surface area contributed by atoms with E-state index in [4.69, 9.17) is 0 Å². The summed E-state index contributed by atoms with van der Waals surface area (Å²) in [6.07, 6.45) is 25.1. The van der Waals surface area contributed by atoms with Crippen molar-refractivity contribution >= 4 is 67.8 Å². The average molecular weight is 1230 g/mol. The monoisotopic (exact) mass is 1230 g/mol. The highest BCUT2D eigenvalue weighted by atomic mass is 128. The highest BCUT2D eigenvalue weighted by Crippen LogP contribution is 2.74. The summed E-state index contributed by atoms with van der Waals surface area (Å²) in [7, 11) is -2.82. The van der Waals surface area contributed by atoms with E-state index in [1.165, 1.54) is 173 Å². The van der Waals surface area contributed by atoms with E-state index in [9.17, 15) is 0 Å². The van der Waals surface area contributed by atoms with Crippen molar-refractivity contribution in [3.63, 3.8) is 0 Å². The molecular weight excluding hydrogens is 1140 g/mol. The molecule has 0 atom stereocenters. The van der Waals surface area contributed by atoms with Crippen LogP contribution in [0.3, 0.4) is 0 Å². The van der Waals surface area contributed by atoms with Crippen molar-refractivity contribution in [2.24, 2.45) is 0 Å². The Hall–Kier alpha value is -1.30. The first kappa shape index (κ1) is 58.8. The van der Waals surface area contributed by atoms with Gasteiger partial charge in [0.1, 0.15) is 0 Å². The number of rotatable bonds is 32. The second-order valence-corrected chi connectivity index (χ2v) is 20.8. The molecule has 4 rings (SSSR count). The zero-order valence-corrected chi connectivity index (χ0v) is 48.9. The third-order valence-corrected chi connectivity index (χ3v) is 17.0. The summed E-state index contributed by atoms with van der Waals surface area (Å²) in [6.45, 7) is 22.9. The van der Waals surface area contributed by atoms with Gasteiger partial charge in [-0.3, -0.25) is 0 Å². The van der Waals surface area contributed by atoms with Crippen LogP contribution in [-0.2, 0) is 0 Å². The summed E-state index contributed by atoms with van der Waals surface area (Å²) >= 11 is 4.24. The van der Waals surface area contributed by atoms with Crippen LogP contribution in [0.1, 0.15) is 178 Å². The highest BCUT2D eigenvalue weighted by Gasteiger charge is 2.63. The van der Waals surface area contributed by atoms with E-state index in [0.29, 0.717) is 0 Å². The molecule has 0 aliphatic carbocycles. The summed E-state index contributed by atoms with van der Waals surface area (Å²) in [5.74, 6) is 0. The third-order valence-electron chi connectivity index (χ3n) is 12.8. The minimum Gasteiger partial charge on any atom is -1.00 e. The molecule has 0 heterocycles. The number of unbranched alkanes of at least 4 members (excludes halogenated alkanes) is 16. The quantitative estimate of drug-likeness (QED) is 0.0274. The number of hydrogen-bond donors (Lipinski definition) is 0. The largest absolute Gasteiger partial charge is 1.00 e. The van der Waals surface area contributed by atoms with Gasteiger partial charge in [0.05, 0.1) is 48.9 Å². The molecule has 64 heavy (non-hydrogen) atoms. The Morgan fingerprint density at radius 3 is 0.688 bits per heavy atom. The first-order valence-electron chi connectivity index (χ1n) is 25.2. The molecule has 0 unspecified atom stereocenters. The second-order valence-electron chi connectivity index (χ2n) is 17.8. The van der Waals surface area contributed by atoms with Crippen LogP contribution in [0.5, 0.6) is 0 Å². The molecule has 0 bridgehead atoms. The standard InChI is InChI=1S/C56H88N4P.I2.HI/c1-9-13-17-21-33-45-57(53-41-29-25-37-49(53)5)61(58(46-34-22-18-14-10-2)54-42-30-26-38-50(54)6,59(47-35-23-19-15-11-3)55-43-31-27-39-51(55)7)60(48-36-24-20-16-12-4)56-44-32-28-40-52(56)8;1-2;/h25-32,37-44H,9-24,33-36,45-48H2,1-8H3;;1H/q+1;;/p-1. The molecular formula is C56H88I3N4P. The lowest BCUT2D eigenvalue weighted by atomic mass is 10.1. The maximum absolute atomic E-state index is 3.05. The van der Waals surface area contributed by atoms with Gasteiger partial charge in [0.25, 0.3) is 0 Å². The van der Waals surface area contributed by atoms with Gasteiger partial charge < -0.3 is 24.0 Å².